The average molecular weight is 549 g/mol. The first-order chi connectivity index (χ1) is 18.0. The van der Waals surface area contributed by atoms with E-state index in [0.29, 0.717) is 0 Å². The summed E-state index contributed by atoms with van der Waals surface area (Å²) in [5, 5.41) is 52.1. The highest BCUT2D eigenvalue weighted by atomic mass is 16.4. The zero-order valence-electron chi connectivity index (χ0n) is 23.6. The van der Waals surface area contributed by atoms with E-state index in [1.54, 1.807) is 0 Å². The van der Waals surface area contributed by atoms with Crippen LogP contribution >= 0.6 is 0 Å². The van der Waals surface area contributed by atoms with Crippen LogP contribution in [0.3, 0.4) is 0 Å². The summed E-state index contributed by atoms with van der Waals surface area (Å²) in [5.41, 5.74) is 10.3. The van der Waals surface area contributed by atoms with Gasteiger partial charge in [0.05, 0.1) is 0 Å². The van der Waals surface area contributed by atoms with Crippen LogP contribution in [0.2, 0.25) is 0 Å². The molecule has 0 aromatic heterocycles. The summed E-state index contributed by atoms with van der Waals surface area (Å²) in [5.74, 6) is -3.36. The van der Waals surface area contributed by atoms with E-state index in [0.717, 1.165) is 25.9 Å². The lowest BCUT2D eigenvalue weighted by Gasteiger charge is -2.07. The van der Waals surface area contributed by atoms with Gasteiger partial charge in [-0.25, -0.2) is 9.59 Å². The fourth-order valence-corrected chi connectivity index (χ4v) is 3.23. The van der Waals surface area contributed by atoms with Crippen LogP contribution in [0.25, 0.3) is 0 Å². The number of hydrogen-bond acceptors (Lipinski definition) is 6. The minimum absolute atomic E-state index is 0.0907. The van der Waals surface area contributed by atoms with E-state index in [-0.39, 0.29) is 11.9 Å². The first-order valence-corrected chi connectivity index (χ1v) is 14.0. The van der Waals surface area contributed by atoms with E-state index in [1.807, 2.05) is 0 Å². The Balaban J connectivity index is -0.000000492. The molecule has 226 valence electrons. The maximum Gasteiger partial charge on any atom is 0.335 e. The van der Waals surface area contributed by atoms with Crippen LogP contribution in [-0.2, 0) is 9.59 Å². The largest absolute Gasteiger partial charge is 0.479 e. The summed E-state index contributed by atoms with van der Waals surface area (Å²) in [6.07, 6.45) is 16.6. The van der Waals surface area contributed by atoms with Crippen LogP contribution < -0.4 is 22.1 Å². The molecule has 0 aliphatic rings. The van der Waals surface area contributed by atoms with E-state index < -0.39 is 24.1 Å². The number of nitrogens with two attached hydrogens (primary N) is 2. The quantitative estimate of drug-likeness (QED) is 0.0571. The Morgan fingerprint density at radius 2 is 0.816 bits per heavy atom. The van der Waals surface area contributed by atoms with Crippen molar-refractivity contribution in [2.45, 2.75) is 129 Å². The number of hydrogen-bond donors (Lipinski definition) is 10. The molecule has 0 saturated heterocycles. The van der Waals surface area contributed by atoms with Crippen molar-refractivity contribution in [1.29, 1.82) is 10.8 Å². The van der Waals surface area contributed by atoms with Crippen molar-refractivity contribution >= 4 is 23.9 Å². The third kappa shape index (κ3) is 35.6. The lowest BCUT2D eigenvalue weighted by atomic mass is 10.1. The molecule has 12 heteroatoms. The third-order valence-corrected chi connectivity index (χ3v) is 5.50. The second kappa shape index (κ2) is 30.6. The molecule has 0 aliphatic heterocycles. The molecule has 0 bridgehead atoms. The van der Waals surface area contributed by atoms with Crippen LogP contribution in [0.15, 0.2) is 0 Å². The Labute approximate surface area is 229 Å². The minimum Gasteiger partial charge on any atom is -0.479 e. The molecule has 2 unspecified atom stereocenters. The van der Waals surface area contributed by atoms with E-state index in [2.05, 4.69) is 24.5 Å². The van der Waals surface area contributed by atoms with Crippen LogP contribution in [0.5, 0.6) is 0 Å². The number of unbranched alkanes of at least 4 members (excludes halogenated alkanes) is 14. The Bertz CT molecular complexity index is 545. The highest BCUT2D eigenvalue weighted by molar-refractivity contribution is 5.83. The number of aliphatic hydroxyl groups excluding tert-OH is 2. The number of aliphatic hydroxyl groups is 2. The zero-order valence-corrected chi connectivity index (χ0v) is 23.6. The van der Waals surface area contributed by atoms with Crippen molar-refractivity contribution in [2.75, 3.05) is 13.1 Å². The second-order valence-electron chi connectivity index (χ2n) is 9.20. The number of carboxylic acids is 2. The Hall–Kier alpha value is -2.60. The lowest BCUT2D eigenvalue weighted by molar-refractivity contribution is -0.165. The first kappa shape index (κ1) is 39.9. The molecule has 0 radical (unpaired) electrons. The molecule has 0 rings (SSSR count). The Kier molecular flexibility index (Phi) is 32.2. The number of guanidine groups is 2. The molecule has 0 amide bonds. The van der Waals surface area contributed by atoms with Gasteiger partial charge >= 0.3 is 11.9 Å². The maximum atomic E-state index is 9.77. The Morgan fingerprint density at radius 3 is 1.03 bits per heavy atom. The molecular weight excluding hydrogens is 492 g/mol. The smallest absolute Gasteiger partial charge is 0.335 e. The SMILES string of the molecule is CCCCCCCCCCNC(=N)N.CCCCCCCCCCNC(=N)N.O=C(O)C(O)C(O)C(=O)O. The van der Waals surface area contributed by atoms with Gasteiger partial charge in [0.1, 0.15) is 0 Å². The molecule has 0 aliphatic carbocycles. The van der Waals surface area contributed by atoms with Crippen molar-refractivity contribution in [1.82, 2.24) is 10.6 Å². The van der Waals surface area contributed by atoms with Gasteiger partial charge in [-0.15, -0.1) is 0 Å². The molecule has 0 aromatic rings. The molecule has 0 saturated carbocycles. The standard InChI is InChI=1S/2C11H25N3.C4H6O6/c2*1-2-3-4-5-6-7-8-9-10-14-11(12)13;5-1(3(7)8)2(6)4(9)10/h2*2-10H2,1H3,(H4,12,13,14);1-2,5-6H,(H,7,8)(H,9,10). The van der Waals surface area contributed by atoms with Crippen molar-refractivity contribution in [3.05, 3.63) is 0 Å². The summed E-state index contributed by atoms with van der Waals surface area (Å²) < 4.78 is 0. The Morgan fingerprint density at radius 1 is 0.579 bits per heavy atom. The van der Waals surface area contributed by atoms with Crippen LogP contribution in [0, 0.1) is 10.8 Å². The number of rotatable bonds is 21. The summed E-state index contributed by atoms with van der Waals surface area (Å²) in [7, 11) is 0. The third-order valence-electron chi connectivity index (χ3n) is 5.50. The van der Waals surface area contributed by atoms with Gasteiger partial charge in [-0.3, -0.25) is 10.8 Å². The monoisotopic (exact) mass is 548 g/mol. The molecule has 0 heterocycles. The summed E-state index contributed by atoms with van der Waals surface area (Å²) in [4.78, 5) is 19.5. The highest BCUT2D eigenvalue weighted by Gasteiger charge is 2.29. The van der Waals surface area contributed by atoms with E-state index in [9.17, 15) is 9.59 Å². The van der Waals surface area contributed by atoms with Gasteiger partial charge in [-0.1, -0.05) is 104 Å². The van der Waals surface area contributed by atoms with Gasteiger partial charge in [-0.2, -0.15) is 0 Å². The van der Waals surface area contributed by atoms with E-state index in [1.165, 1.54) is 89.9 Å². The van der Waals surface area contributed by atoms with E-state index in [4.69, 9.17) is 42.7 Å². The van der Waals surface area contributed by atoms with Crippen molar-refractivity contribution < 1.29 is 30.0 Å². The first-order valence-electron chi connectivity index (χ1n) is 14.0. The highest BCUT2D eigenvalue weighted by Crippen LogP contribution is 2.08. The molecule has 0 spiro atoms. The second-order valence-corrected chi connectivity index (χ2v) is 9.20. The topological polar surface area (TPSA) is 239 Å². The van der Waals surface area contributed by atoms with Gasteiger partial charge < -0.3 is 42.5 Å². The maximum absolute atomic E-state index is 9.77. The predicted octanol–water partition coefficient (Wildman–Crippen LogP) is 3.10. The fraction of sp³-hybridized carbons (Fsp3) is 0.846. The van der Waals surface area contributed by atoms with E-state index >= 15 is 0 Å². The molecule has 38 heavy (non-hydrogen) atoms. The molecule has 2 atom stereocenters. The lowest BCUT2D eigenvalue weighted by Crippen LogP contribution is -2.39. The van der Waals surface area contributed by atoms with Crippen molar-refractivity contribution in [3.63, 3.8) is 0 Å². The summed E-state index contributed by atoms with van der Waals surface area (Å²) in [6, 6.07) is 0. The normalized spacial score (nSPS) is 11.6. The number of aliphatic carboxylic acids is 2. The van der Waals surface area contributed by atoms with Gasteiger partial charge in [0.15, 0.2) is 24.1 Å². The molecule has 0 fully saturated rings. The fourth-order valence-electron chi connectivity index (χ4n) is 3.23. The molecular formula is C26H56N6O6. The van der Waals surface area contributed by atoms with Gasteiger partial charge in [-0.05, 0) is 12.8 Å². The van der Waals surface area contributed by atoms with Crippen molar-refractivity contribution in [2.24, 2.45) is 11.5 Å². The molecule has 12 nitrogen and oxygen atoms in total. The summed E-state index contributed by atoms with van der Waals surface area (Å²) >= 11 is 0. The van der Waals surface area contributed by atoms with Crippen molar-refractivity contribution in [3.8, 4) is 0 Å². The number of carboxylic acid groups (broad SMARTS) is 2. The average Bonchev–Trinajstić information content (AvgIpc) is 2.86. The minimum atomic E-state index is -2.27. The zero-order chi connectivity index (χ0) is 29.6. The van der Waals surface area contributed by atoms with Crippen LogP contribution in [0.1, 0.15) is 117 Å². The summed E-state index contributed by atoms with van der Waals surface area (Å²) in [6.45, 7) is 6.19. The van der Waals surface area contributed by atoms with Gasteiger partial charge in [0.2, 0.25) is 0 Å². The van der Waals surface area contributed by atoms with Gasteiger partial charge in [0, 0.05) is 13.1 Å². The predicted molar refractivity (Wildman–Crippen MR) is 152 cm³/mol. The molecule has 12 N–H and O–H groups in total. The van der Waals surface area contributed by atoms with Gasteiger partial charge in [0.25, 0.3) is 0 Å². The number of carbonyl (C=O) groups is 2. The molecule has 0 aromatic carbocycles. The number of nitrogens with one attached hydrogen (secondary N) is 4. The van der Waals surface area contributed by atoms with Crippen LogP contribution in [-0.4, -0.2) is 69.6 Å². The van der Waals surface area contributed by atoms with Crippen LogP contribution in [0.4, 0.5) is 0 Å².